The van der Waals surface area contributed by atoms with Crippen molar-refractivity contribution in [3.63, 3.8) is 0 Å². The summed E-state index contributed by atoms with van der Waals surface area (Å²) in [6.07, 6.45) is 45.5. The molecule has 0 aromatic carbocycles. The van der Waals surface area contributed by atoms with E-state index in [1.165, 1.54) is 70.6 Å². The van der Waals surface area contributed by atoms with Crippen LogP contribution in [0.1, 0.15) is 168 Å². The number of allylic oxidation sites excluding steroid dienone is 10. The zero-order chi connectivity index (χ0) is 38.9. The third-order valence-electron chi connectivity index (χ3n) is 8.37. The van der Waals surface area contributed by atoms with Crippen molar-refractivity contribution >= 4 is 19.8 Å². The average Bonchev–Trinajstić information content (AvgIpc) is 3.14. The van der Waals surface area contributed by atoms with E-state index >= 15 is 0 Å². The van der Waals surface area contributed by atoms with Crippen molar-refractivity contribution in [1.29, 1.82) is 0 Å². The SMILES string of the molecule is CCC/C=C/C/C=C/C/C=C/C/C=C/CCCCCC(=O)OC[C@H](COP(=O)(O)OCCN)OC(=O)CC/C=C/CCCCCCCCCCCCC. The molecule has 0 heterocycles. The number of ether oxygens (including phenoxy) is 2. The molecule has 0 aliphatic rings. The smallest absolute Gasteiger partial charge is 0.462 e. The number of carbonyl (C=O) groups is 2. The lowest BCUT2D eigenvalue weighted by molar-refractivity contribution is -0.161. The summed E-state index contributed by atoms with van der Waals surface area (Å²) in [6.45, 7) is 3.57. The number of phosphoric ester groups is 1. The van der Waals surface area contributed by atoms with E-state index in [0.29, 0.717) is 12.8 Å². The highest BCUT2D eigenvalue weighted by molar-refractivity contribution is 7.47. The number of rotatable bonds is 38. The lowest BCUT2D eigenvalue weighted by Gasteiger charge is -2.19. The van der Waals surface area contributed by atoms with Crippen LogP contribution in [-0.2, 0) is 32.7 Å². The van der Waals surface area contributed by atoms with Gasteiger partial charge in [0.05, 0.1) is 13.2 Å². The van der Waals surface area contributed by atoms with Crippen LogP contribution in [0.15, 0.2) is 60.8 Å². The number of hydrogen-bond donors (Lipinski definition) is 2. The number of carbonyl (C=O) groups excluding carboxylic acids is 2. The summed E-state index contributed by atoms with van der Waals surface area (Å²) in [5.41, 5.74) is 5.34. The highest BCUT2D eigenvalue weighted by atomic mass is 31.2. The van der Waals surface area contributed by atoms with E-state index in [2.05, 4.69) is 68.5 Å². The molecule has 53 heavy (non-hydrogen) atoms. The second kappa shape index (κ2) is 39.4. The molecule has 0 aromatic rings. The molecule has 0 saturated carbocycles. The Hall–Kier alpha value is -2.29. The quantitative estimate of drug-likeness (QED) is 0.0272. The van der Waals surface area contributed by atoms with Crippen LogP contribution in [0.5, 0.6) is 0 Å². The first kappa shape index (κ1) is 50.7. The molecule has 306 valence electrons. The Kier molecular flexibility index (Phi) is 37.7. The molecule has 10 heteroatoms. The molecule has 1 unspecified atom stereocenters. The number of hydrogen-bond acceptors (Lipinski definition) is 8. The van der Waals surface area contributed by atoms with E-state index in [1.807, 2.05) is 6.08 Å². The Morgan fingerprint density at radius 1 is 0.566 bits per heavy atom. The van der Waals surface area contributed by atoms with Gasteiger partial charge in [-0.25, -0.2) is 4.57 Å². The van der Waals surface area contributed by atoms with Crippen LogP contribution in [-0.4, -0.2) is 49.3 Å². The van der Waals surface area contributed by atoms with Gasteiger partial charge >= 0.3 is 19.8 Å². The Bertz CT molecular complexity index is 1050. The molecular weight excluding hydrogens is 689 g/mol. The third kappa shape index (κ3) is 39.2. The molecule has 2 atom stereocenters. The number of phosphoric acid groups is 1. The summed E-state index contributed by atoms with van der Waals surface area (Å²) >= 11 is 0. The fraction of sp³-hybridized carbons (Fsp3) is 0.721. The van der Waals surface area contributed by atoms with Gasteiger partial charge in [0.25, 0.3) is 0 Å². The normalized spacial score (nSPS) is 14.0. The average molecular weight is 766 g/mol. The summed E-state index contributed by atoms with van der Waals surface area (Å²) in [6, 6.07) is 0. The second-order valence-corrected chi connectivity index (χ2v) is 14.9. The van der Waals surface area contributed by atoms with Gasteiger partial charge in [-0.15, -0.1) is 0 Å². The third-order valence-corrected chi connectivity index (χ3v) is 9.35. The summed E-state index contributed by atoms with van der Waals surface area (Å²) < 4.78 is 32.6. The van der Waals surface area contributed by atoms with Crippen molar-refractivity contribution in [3.8, 4) is 0 Å². The lowest BCUT2D eigenvalue weighted by atomic mass is 10.1. The van der Waals surface area contributed by atoms with E-state index in [9.17, 15) is 19.0 Å². The van der Waals surface area contributed by atoms with E-state index in [4.69, 9.17) is 24.3 Å². The Labute approximate surface area is 323 Å². The predicted molar refractivity (Wildman–Crippen MR) is 219 cm³/mol. The Morgan fingerprint density at radius 3 is 1.62 bits per heavy atom. The monoisotopic (exact) mass is 766 g/mol. The fourth-order valence-corrected chi connectivity index (χ4v) is 6.05. The Morgan fingerprint density at radius 2 is 1.06 bits per heavy atom. The second-order valence-electron chi connectivity index (χ2n) is 13.5. The summed E-state index contributed by atoms with van der Waals surface area (Å²) in [5, 5.41) is 0. The molecule has 0 aliphatic heterocycles. The highest BCUT2D eigenvalue weighted by Crippen LogP contribution is 2.43. The topological polar surface area (TPSA) is 134 Å². The van der Waals surface area contributed by atoms with Crippen LogP contribution in [0.25, 0.3) is 0 Å². The first-order chi connectivity index (χ1) is 25.8. The van der Waals surface area contributed by atoms with Crippen molar-refractivity contribution in [1.82, 2.24) is 0 Å². The molecule has 0 bridgehead atoms. The van der Waals surface area contributed by atoms with Gasteiger partial charge in [-0.1, -0.05) is 152 Å². The fourth-order valence-electron chi connectivity index (χ4n) is 5.29. The first-order valence-electron chi connectivity index (χ1n) is 20.8. The van der Waals surface area contributed by atoms with Gasteiger partial charge in [-0.05, 0) is 64.2 Å². The van der Waals surface area contributed by atoms with Crippen molar-refractivity contribution in [2.24, 2.45) is 5.73 Å². The maximum Gasteiger partial charge on any atom is 0.472 e. The minimum atomic E-state index is -4.39. The van der Waals surface area contributed by atoms with Gasteiger partial charge in [-0.2, -0.15) is 0 Å². The van der Waals surface area contributed by atoms with Gasteiger partial charge in [0, 0.05) is 19.4 Å². The van der Waals surface area contributed by atoms with E-state index in [1.54, 1.807) is 0 Å². The predicted octanol–water partition coefficient (Wildman–Crippen LogP) is 11.7. The largest absolute Gasteiger partial charge is 0.472 e. The maximum absolute atomic E-state index is 12.5. The van der Waals surface area contributed by atoms with Crippen LogP contribution in [0.4, 0.5) is 0 Å². The van der Waals surface area contributed by atoms with Crippen molar-refractivity contribution in [3.05, 3.63) is 60.8 Å². The molecule has 9 nitrogen and oxygen atoms in total. The van der Waals surface area contributed by atoms with Gasteiger partial charge in [0.15, 0.2) is 6.10 Å². The van der Waals surface area contributed by atoms with Crippen molar-refractivity contribution in [2.45, 2.75) is 174 Å². The molecule has 0 rings (SSSR count). The highest BCUT2D eigenvalue weighted by Gasteiger charge is 2.25. The van der Waals surface area contributed by atoms with E-state index in [0.717, 1.165) is 57.8 Å². The molecule has 0 saturated heterocycles. The minimum Gasteiger partial charge on any atom is -0.462 e. The van der Waals surface area contributed by atoms with E-state index in [-0.39, 0.29) is 32.6 Å². The van der Waals surface area contributed by atoms with E-state index < -0.39 is 32.5 Å². The van der Waals surface area contributed by atoms with Crippen LogP contribution < -0.4 is 5.73 Å². The maximum atomic E-state index is 12.5. The van der Waals surface area contributed by atoms with Gasteiger partial charge in [0.2, 0.25) is 0 Å². The van der Waals surface area contributed by atoms with Crippen LogP contribution in [0.2, 0.25) is 0 Å². The molecule has 0 aliphatic carbocycles. The van der Waals surface area contributed by atoms with Crippen molar-refractivity contribution < 1.29 is 37.6 Å². The van der Waals surface area contributed by atoms with Gasteiger partial charge in [-0.3, -0.25) is 18.6 Å². The molecule has 0 fully saturated rings. The number of nitrogens with two attached hydrogens (primary N) is 1. The standard InChI is InChI=1S/C43H76NO8P/c1-3-5-7-9-11-13-15-17-19-20-22-23-25-27-29-31-33-35-42(45)49-39-41(40-51-53(47,48)50-38-37-44)52-43(46)36-34-32-30-28-26-24-21-18-16-14-12-10-8-6-4-2/h7,9,13,15,19-20,23,25,30,32,41H,3-6,8,10-12,14,16-18,21-22,24,26-29,31,33-40,44H2,1-2H3,(H,47,48)/b9-7+,15-13+,20-19+,25-23+,32-30+/t41-/m1/s1. The number of esters is 2. The molecule has 0 amide bonds. The van der Waals surface area contributed by atoms with Crippen LogP contribution in [0.3, 0.4) is 0 Å². The molecule has 3 N–H and O–H groups in total. The zero-order valence-corrected chi connectivity index (χ0v) is 34.4. The first-order valence-corrected chi connectivity index (χ1v) is 22.3. The summed E-state index contributed by atoms with van der Waals surface area (Å²) in [5.74, 6) is -0.925. The van der Waals surface area contributed by atoms with Crippen LogP contribution >= 0.6 is 7.82 Å². The summed E-state index contributed by atoms with van der Waals surface area (Å²) in [4.78, 5) is 34.8. The van der Waals surface area contributed by atoms with Crippen molar-refractivity contribution in [2.75, 3.05) is 26.4 Å². The van der Waals surface area contributed by atoms with Gasteiger partial charge < -0.3 is 20.1 Å². The molecule has 0 radical (unpaired) electrons. The lowest BCUT2D eigenvalue weighted by Crippen LogP contribution is -2.29. The minimum absolute atomic E-state index is 0.0419. The van der Waals surface area contributed by atoms with Gasteiger partial charge in [0.1, 0.15) is 6.61 Å². The van der Waals surface area contributed by atoms with Crippen LogP contribution in [0, 0.1) is 0 Å². The molecular formula is C43H76NO8P. The summed E-state index contributed by atoms with van der Waals surface area (Å²) in [7, 11) is -4.39. The Balaban J connectivity index is 4.29. The number of unbranched alkanes of at least 4 members (excludes halogenated alkanes) is 15. The molecule has 0 aromatic heterocycles. The molecule has 0 spiro atoms. The zero-order valence-electron chi connectivity index (χ0n) is 33.5.